The molecule has 21 heavy (non-hydrogen) atoms. The summed E-state index contributed by atoms with van der Waals surface area (Å²) < 4.78 is 0. The van der Waals surface area contributed by atoms with Gasteiger partial charge in [-0.3, -0.25) is 14.5 Å². The highest BCUT2D eigenvalue weighted by Crippen LogP contribution is 2.24. The first kappa shape index (κ1) is 13.5. The standard InChI is InChI=1S/C17H15NO3/c19-15(12-6-2-1-3-7-12)10-11-18-16(20)13-8-4-5-9-14(13)17(18)21/h1-9,15,19H,10-11H2. The molecular formula is C17H15NO3. The van der Waals surface area contributed by atoms with Crippen molar-refractivity contribution in [2.75, 3.05) is 6.54 Å². The number of hydrogen-bond donors (Lipinski definition) is 1. The summed E-state index contributed by atoms with van der Waals surface area (Å²) in [6.45, 7) is 0.211. The molecule has 1 unspecified atom stereocenters. The summed E-state index contributed by atoms with van der Waals surface area (Å²) in [7, 11) is 0. The van der Waals surface area contributed by atoms with E-state index < -0.39 is 6.10 Å². The number of amides is 2. The minimum atomic E-state index is -0.685. The van der Waals surface area contributed by atoms with Gasteiger partial charge in [0.2, 0.25) is 0 Å². The molecule has 3 rings (SSSR count). The van der Waals surface area contributed by atoms with Gasteiger partial charge in [-0.2, -0.15) is 0 Å². The van der Waals surface area contributed by atoms with Crippen LogP contribution in [0.5, 0.6) is 0 Å². The van der Waals surface area contributed by atoms with E-state index >= 15 is 0 Å². The molecule has 2 aromatic rings. The van der Waals surface area contributed by atoms with Crippen LogP contribution < -0.4 is 0 Å². The lowest BCUT2D eigenvalue weighted by atomic mass is 10.1. The molecular weight excluding hydrogens is 266 g/mol. The first-order valence-electron chi connectivity index (χ1n) is 6.86. The lowest BCUT2D eigenvalue weighted by Crippen LogP contribution is -2.31. The highest BCUT2D eigenvalue weighted by Gasteiger charge is 2.34. The predicted octanol–water partition coefficient (Wildman–Crippen LogP) is 2.41. The van der Waals surface area contributed by atoms with Crippen molar-refractivity contribution in [1.29, 1.82) is 0 Å². The number of benzene rings is 2. The van der Waals surface area contributed by atoms with E-state index in [0.717, 1.165) is 5.56 Å². The number of carbonyl (C=O) groups is 2. The van der Waals surface area contributed by atoms with Crippen LogP contribution in [0.1, 0.15) is 38.8 Å². The molecule has 0 saturated carbocycles. The Hall–Kier alpha value is -2.46. The van der Waals surface area contributed by atoms with Crippen LogP contribution in [-0.4, -0.2) is 28.4 Å². The zero-order valence-corrected chi connectivity index (χ0v) is 11.4. The first-order chi connectivity index (χ1) is 10.2. The number of carbonyl (C=O) groups excluding carboxylic acids is 2. The van der Waals surface area contributed by atoms with Crippen molar-refractivity contribution in [1.82, 2.24) is 4.90 Å². The molecule has 1 heterocycles. The van der Waals surface area contributed by atoms with Crippen LogP contribution in [0.4, 0.5) is 0 Å². The highest BCUT2D eigenvalue weighted by molar-refractivity contribution is 6.21. The van der Waals surface area contributed by atoms with E-state index in [1.807, 2.05) is 30.3 Å². The summed E-state index contributed by atoms with van der Waals surface area (Å²) in [6.07, 6.45) is -0.356. The van der Waals surface area contributed by atoms with E-state index in [1.54, 1.807) is 24.3 Å². The Bertz CT molecular complexity index is 646. The van der Waals surface area contributed by atoms with E-state index in [2.05, 4.69) is 0 Å². The maximum atomic E-state index is 12.2. The molecule has 2 aromatic carbocycles. The zero-order valence-electron chi connectivity index (χ0n) is 11.4. The molecule has 106 valence electrons. The number of hydrogen-bond acceptors (Lipinski definition) is 3. The average Bonchev–Trinajstić information content (AvgIpc) is 2.78. The Morgan fingerprint density at radius 3 is 1.95 bits per heavy atom. The van der Waals surface area contributed by atoms with Gasteiger partial charge < -0.3 is 5.11 Å². The molecule has 0 aliphatic carbocycles. The average molecular weight is 281 g/mol. The summed E-state index contributed by atoms with van der Waals surface area (Å²) in [4.78, 5) is 25.6. The fraction of sp³-hybridized carbons (Fsp3) is 0.176. The van der Waals surface area contributed by atoms with Crippen molar-refractivity contribution in [3.8, 4) is 0 Å². The largest absolute Gasteiger partial charge is 0.388 e. The fourth-order valence-electron chi connectivity index (χ4n) is 2.54. The van der Waals surface area contributed by atoms with Crippen molar-refractivity contribution in [2.45, 2.75) is 12.5 Å². The van der Waals surface area contributed by atoms with Crippen LogP contribution in [-0.2, 0) is 0 Å². The van der Waals surface area contributed by atoms with Crippen LogP contribution in [0.3, 0.4) is 0 Å². The molecule has 0 radical (unpaired) electrons. The molecule has 0 bridgehead atoms. The van der Waals surface area contributed by atoms with Gasteiger partial charge >= 0.3 is 0 Å². The minimum Gasteiger partial charge on any atom is -0.388 e. The molecule has 4 heteroatoms. The van der Waals surface area contributed by atoms with Crippen LogP contribution in [0.25, 0.3) is 0 Å². The van der Waals surface area contributed by atoms with Gasteiger partial charge in [-0.1, -0.05) is 42.5 Å². The second kappa shape index (κ2) is 5.50. The summed E-state index contributed by atoms with van der Waals surface area (Å²) in [5.41, 5.74) is 1.67. The van der Waals surface area contributed by atoms with Crippen molar-refractivity contribution in [3.05, 3.63) is 71.3 Å². The zero-order chi connectivity index (χ0) is 14.8. The van der Waals surface area contributed by atoms with Crippen LogP contribution >= 0.6 is 0 Å². The molecule has 1 aliphatic heterocycles. The number of aliphatic hydroxyl groups is 1. The third-order valence-electron chi connectivity index (χ3n) is 3.69. The number of aliphatic hydroxyl groups excluding tert-OH is 1. The molecule has 0 spiro atoms. The number of nitrogens with zero attached hydrogens (tertiary/aromatic N) is 1. The Morgan fingerprint density at radius 2 is 1.38 bits per heavy atom. The van der Waals surface area contributed by atoms with E-state index in [9.17, 15) is 14.7 Å². The molecule has 0 fully saturated rings. The monoisotopic (exact) mass is 281 g/mol. The molecule has 2 amide bonds. The van der Waals surface area contributed by atoms with Crippen molar-refractivity contribution >= 4 is 11.8 Å². The fourth-order valence-corrected chi connectivity index (χ4v) is 2.54. The Labute approximate surface area is 122 Å². The topological polar surface area (TPSA) is 57.6 Å². The summed E-state index contributed by atoms with van der Waals surface area (Å²) in [6, 6.07) is 16.0. The number of imide groups is 1. The maximum absolute atomic E-state index is 12.2. The Morgan fingerprint density at radius 1 is 0.857 bits per heavy atom. The Balaban J connectivity index is 1.70. The van der Waals surface area contributed by atoms with Gasteiger partial charge in [0, 0.05) is 6.54 Å². The van der Waals surface area contributed by atoms with Crippen molar-refractivity contribution < 1.29 is 14.7 Å². The van der Waals surface area contributed by atoms with Crippen LogP contribution in [0.15, 0.2) is 54.6 Å². The van der Waals surface area contributed by atoms with Gasteiger partial charge in [-0.05, 0) is 24.1 Å². The highest BCUT2D eigenvalue weighted by atomic mass is 16.3. The summed E-state index contributed by atoms with van der Waals surface area (Å²) in [5, 5.41) is 10.1. The quantitative estimate of drug-likeness (QED) is 0.875. The van der Waals surface area contributed by atoms with E-state index in [-0.39, 0.29) is 18.4 Å². The molecule has 1 N–H and O–H groups in total. The molecule has 1 aliphatic rings. The van der Waals surface area contributed by atoms with Crippen LogP contribution in [0, 0.1) is 0 Å². The molecule has 0 saturated heterocycles. The third kappa shape index (κ3) is 2.45. The van der Waals surface area contributed by atoms with Crippen LogP contribution in [0.2, 0.25) is 0 Å². The van der Waals surface area contributed by atoms with E-state index in [0.29, 0.717) is 17.5 Å². The summed E-state index contributed by atoms with van der Waals surface area (Å²) in [5.74, 6) is -0.563. The molecule has 4 nitrogen and oxygen atoms in total. The van der Waals surface area contributed by atoms with Gasteiger partial charge in [0.15, 0.2) is 0 Å². The third-order valence-corrected chi connectivity index (χ3v) is 3.69. The van der Waals surface area contributed by atoms with Crippen molar-refractivity contribution in [3.63, 3.8) is 0 Å². The first-order valence-corrected chi connectivity index (χ1v) is 6.86. The predicted molar refractivity (Wildman–Crippen MR) is 77.8 cm³/mol. The lowest BCUT2D eigenvalue weighted by molar-refractivity contribution is 0.0622. The number of rotatable bonds is 4. The van der Waals surface area contributed by atoms with Gasteiger partial charge in [0.25, 0.3) is 11.8 Å². The Kier molecular flexibility index (Phi) is 3.54. The van der Waals surface area contributed by atoms with E-state index in [4.69, 9.17) is 0 Å². The van der Waals surface area contributed by atoms with Gasteiger partial charge in [-0.25, -0.2) is 0 Å². The normalized spacial score (nSPS) is 15.2. The smallest absolute Gasteiger partial charge is 0.261 e. The van der Waals surface area contributed by atoms with Gasteiger partial charge in [0.1, 0.15) is 0 Å². The number of fused-ring (bicyclic) bond motifs is 1. The second-order valence-corrected chi connectivity index (χ2v) is 5.02. The van der Waals surface area contributed by atoms with Gasteiger partial charge in [0.05, 0.1) is 17.2 Å². The lowest BCUT2D eigenvalue weighted by Gasteiger charge is -2.17. The SMILES string of the molecule is O=C1c2ccccc2C(=O)N1CCC(O)c1ccccc1. The second-order valence-electron chi connectivity index (χ2n) is 5.02. The summed E-state index contributed by atoms with van der Waals surface area (Å²) >= 11 is 0. The minimum absolute atomic E-state index is 0.211. The maximum Gasteiger partial charge on any atom is 0.261 e. The van der Waals surface area contributed by atoms with E-state index in [1.165, 1.54) is 4.90 Å². The van der Waals surface area contributed by atoms with Crippen molar-refractivity contribution in [2.24, 2.45) is 0 Å². The molecule has 1 atom stereocenters. The van der Waals surface area contributed by atoms with Gasteiger partial charge in [-0.15, -0.1) is 0 Å². The molecule has 0 aromatic heterocycles.